The fourth-order valence-electron chi connectivity index (χ4n) is 2.42. The quantitative estimate of drug-likeness (QED) is 0.831. The van der Waals surface area contributed by atoms with Gasteiger partial charge in [-0.25, -0.2) is 13.4 Å². The molecule has 1 aliphatic heterocycles. The molecule has 0 aromatic carbocycles. The van der Waals surface area contributed by atoms with Crippen molar-refractivity contribution >= 4 is 21.6 Å². The van der Waals surface area contributed by atoms with Crippen LogP contribution in [0.5, 0.6) is 0 Å². The molecular weight excluding hydrogens is 300 g/mol. The monoisotopic (exact) mass is 320 g/mol. The Morgan fingerprint density at radius 1 is 1.40 bits per heavy atom. The van der Waals surface area contributed by atoms with Gasteiger partial charge in [-0.05, 0) is 38.9 Å². The molecule has 1 saturated heterocycles. The van der Waals surface area contributed by atoms with Crippen LogP contribution in [0.2, 0.25) is 5.15 Å². The molecule has 114 valence electrons. The maximum atomic E-state index is 12.5. The van der Waals surface area contributed by atoms with Crippen LogP contribution in [0.3, 0.4) is 0 Å². The molecule has 0 bridgehead atoms. The van der Waals surface area contributed by atoms with Gasteiger partial charge in [0.25, 0.3) is 10.0 Å². The number of rotatable bonds is 4. The van der Waals surface area contributed by atoms with Gasteiger partial charge < -0.3 is 9.47 Å². The molecule has 0 amide bonds. The van der Waals surface area contributed by atoms with Crippen LogP contribution < -0.4 is 0 Å². The second kappa shape index (κ2) is 6.01. The highest BCUT2D eigenvalue weighted by Gasteiger charge is 2.29. The molecule has 6 nitrogen and oxygen atoms in total. The molecule has 2 rings (SSSR count). The Morgan fingerprint density at radius 3 is 2.50 bits per heavy atom. The lowest BCUT2D eigenvalue weighted by molar-refractivity contribution is 0.202. The van der Waals surface area contributed by atoms with Crippen molar-refractivity contribution in [3.63, 3.8) is 0 Å². The average molecular weight is 321 g/mol. The van der Waals surface area contributed by atoms with E-state index in [2.05, 4.69) is 16.9 Å². The van der Waals surface area contributed by atoms with Crippen molar-refractivity contribution in [1.29, 1.82) is 0 Å². The molecule has 0 unspecified atom stereocenters. The standard InChI is InChI=1S/C12H21ClN4O2S/c1-15-6-4-10(5-7-15)8-17(3)20(18,19)12-11(13)16(2)9-14-12/h9-10H,4-8H2,1-3H3. The molecule has 0 atom stereocenters. The summed E-state index contributed by atoms with van der Waals surface area (Å²) >= 11 is 5.99. The lowest BCUT2D eigenvalue weighted by atomic mass is 9.97. The zero-order chi connectivity index (χ0) is 14.9. The summed E-state index contributed by atoms with van der Waals surface area (Å²) in [4.78, 5) is 6.17. The van der Waals surface area contributed by atoms with Gasteiger partial charge in [-0.3, -0.25) is 0 Å². The highest BCUT2D eigenvalue weighted by Crippen LogP contribution is 2.24. The van der Waals surface area contributed by atoms with Crippen LogP contribution in [0.4, 0.5) is 0 Å². The summed E-state index contributed by atoms with van der Waals surface area (Å²) in [5.41, 5.74) is 0. The van der Waals surface area contributed by atoms with Crippen LogP contribution in [0.1, 0.15) is 12.8 Å². The lowest BCUT2D eigenvalue weighted by Gasteiger charge is -2.31. The Morgan fingerprint density at radius 2 is 2.00 bits per heavy atom. The van der Waals surface area contributed by atoms with Gasteiger partial charge in [-0.15, -0.1) is 0 Å². The molecule has 0 aliphatic carbocycles. The van der Waals surface area contributed by atoms with Gasteiger partial charge in [0, 0.05) is 20.6 Å². The number of piperidine rings is 1. The third-order valence-electron chi connectivity index (χ3n) is 3.84. The summed E-state index contributed by atoms with van der Waals surface area (Å²) in [5, 5.41) is 0.0947. The highest BCUT2D eigenvalue weighted by atomic mass is 35.5. The van der Waals surface area contributed by atoms with Gasteiger partial charge >= 0.3 is 0 Å². The summed E-state index contributed by atoms with van der Waals surface area (Å²) < 4.78 is 27.8. The summed E-state index contributed by atoms with van der Waals surface area (Å²) in [6.45, 7) is 2.55. The lowest BCUT2D eigenvalue weighted by Crippen LogP contribution is -2.38. The average Bonchev–Trinajstić information content (AvgIpc) is 2.73. The first kappa shape index (κ1) is 15.8. The van der Waals surface area contributed by atoms with Crippen molar-refractivity contribution in [2.24, 2.45) is 13.0 Å². The third-order valence-corrected chi connectivity index (χ3v) is 6.16. The van der Waals surface area contributed by atoms with Gasteiger partial charge in [0.05, 0.1) is 6.33 Å². The van der Waals surface area contributed by atoms with Crippen LogP contribution in [0, 0.1) is 5.92 Å². The van der Waals surface area contributed by atoms with E-state index in [-0.39, 0.29) is 10.2 Å². The fraction of sp³-hybridized carbons (Fsp3) is 0.750. The third kappa shape index (κ3) is 3.16. The van der Waals surface area contributed by atoms with Gasteiger partial charge in [-0.1, -0.05) is 11.6 Å². The van der Waals surface area contributed by atoms with Crippen molar-refractivity contribution in [3.05, 3.63) is 11.5 Å². The van der Waals surface area contributed by atoms with E-state index in [0.717, 1.165) is 25.9 Å². The van der Waals surface area contributed by atoms with Gasteiger partial charge in [0.1, 0.15) is 5.15 Å². The smallest absolute Gasteiger partial charge is 0.263 e. The molecule has 0 saturated carbocycles. The first-order valence-corrected chi connectivity index (χ1v) is 8.46. The SMILES string of the molecule is CN1CCC(CN(C)S(=O)(=O)c2ncn(C)c2Cl)CC1. The molecule has 1 aromatic heterocycles. The number of aromatic nitrogens is 2. The first-order valence-electron chi connectivity index (χ1n) is 6.64. The van der Waals surface area contributed by atoms with E-state index in [1.807, 2.05) is 0 Å². The summed E-state index contributed by atoms with van der Waals surface area (Å²) in [6.07, 6.45) is 3.46. The van der Waals surface area contributed by atoms with E-state index in [1.165, 1.54) is 15.2 Å². The molecule has 2 heterocycles. The molecular formula is C12H21ClN4O2S. The number of imidazole rings is 1. The second-order valence-corrected chi connectivity index (χ2v) is 7.80. The minimum atomic E-state index is -3.61. The molecule has 1 aliphatic rings. The largest absolute Gasteiger partial charge is 0.324 e. The van der Waals surface area contributed by atoms with Crippen LogP contribution in [0.25, 0.3) is 0 Å². The van der Waals surface area contributed by atoms with Crippen molar-refractivity contribution in [3.8, 4) is 0 Å². The van der Waals surface area contributed by atoms with Crippen LogP contribution >= 0.6 is 11.6 Å². The number of hydrogen-bond donors (Lipinski definition) is 0. The summed E-state index contributed by atoms with van der Waals surface area (Å²) in [7, 11) is 1.75. The number of nitrogens with zero attached hydrogens (tertiary/aromatic N) is 4. The molecule has 0 radical (unpaired) electrons. The van der Waals surface area contributed by atoms with Crippen molar-refractivity contribution in [2.45, 2.75) is 17.9 Å². The van der Waals surface area contributed by atoms with E-state index < -0.39 is 10.0 Å². The number of sulfonamides is 1. The van der Waals surface area contributed by atoms with E-state index in [1.54, 1.807) is 14.1 Å². The number of likely N-dealkylation sites (tertiary alicyclic amines) is 1. The van der Waals surface area contributed by atoms with Crippen LogP contribution in [-0.4, -0.2) is 60.9 Å². The second-order valence-electron chi connectivity index (χ2n) is 5.48. The number of aryl methyl sites for hydroxylation is 1. The number of halogens is 1. The Bertz CT molecular complexity index is 564. The van der Waals surface area contributed by atoms with E-state index >= 15 is 0 Å². The Balaban J connectivity index is 2.08. The minimum absolute atomic E-state index is 0.0582. The van der Waals surface area contributed by atoms with Crippen molar-refractivity contribution in [2.75, 3.05) is 33.7 Å². The summed E-state index contributed by atoms with van der Waals surface area (Å²) in [6, 6.07) is 0. The van der Waals surface area contributed by atoms with Crippen LogP contribution in [0.15, 0.2) is 11.4 Å². The zero-order valence-corrected chi connectivity index (χ0v) is 13.7. The predicted octanol–water partition coefficient (Wildman–Crippen LogP) is 1.04. The minimum Gasteiger partial charge on any atom is -0.324 e. The topological polar surface area (TPSA) is 58.4 Å². The maximum Gasteiger partial charge on any atom is 0.263 e. The Kier molecular flexibility index (Phi) is 4.73. The van der Waals surface area contributed by atoms with E-state index in [4.69, 9.17) is 11.6 Å². The van der Waals surface area contributed by atoms with Gasteiger partial charge in [0.15, 0.2) is 0 Å². The summed E-state index contributed by atoms with van der Waals surface area (Å²) in [5.74, 6) is 0.397. The zero-order valence-electron chi connectivity index (χ0n) is 12.1. The predicted molar refractivity (Wildman–Crippen MR) is 78.3 cm³/mol. The van der Waals surface area contributed by atoms with Gasteiger partial charge in [0.2, 0.25) is 5.03 Å². The molecule has 1 aromatic rings. The normalized spacial score (nSPS) is 18.9. The van der Waals surface area contributed by atoms with Crippen LogP contribution in [-0.2, 0) is 17.1 Å². The Labute approximate surface area is 125 Å². The van der Waals surface area contributed by atoms with E-state index in [9.17, 15) is 8.42 Å². The molecule has 1 fully saturated rings. The first-order chi connectivity index (χ1) is 9.32. The molecule has 8 heteroatoms. The Hall–Kier alpha value is -0.630. The maximum absolute atomic E-state index is 12.5. The molecule has 20 heavy (non-hydrogen) atoms. The van der Waals surface area contributed by atoms with E-state index in [0.29, 0.717) is 12.5 Å². The molecule has 0 N–H and O–H groups in total. The molecule has 0 spiro atoms. The van der Waals surface area contributed by atoms with Crippen molar-refractivity contribution in [1.82, 2.24) is 18.8 Å². The number of hydrogen-bond acceptors (Lipinski definition) is 4. The van der Waals surface area contributed by atoms with Gasteiger partial charge in [-0.2, -0.15) is 4.31 Å². The fourth-order valence-corrected chi connectivity index (χ4v) is 4.05. The highest BCUT2D eigenvalue weighted by molar-refractivity contribution is 7.89. The van der Waals surface area contributed by atoms with Crippen molar-refractivity contribution < 1.29 is 8.42 Å².